The van der Waals surface area contributed by atoms with Gasteiger partial charge in [-0.05, 0) is 38.6 Å². The Hall–Kier alpha value is -3.79. The molecule has 1 heterocycles. The van der Waals surface area contributed by atoms with Crippen molar-refractivity contribution >= 4 is 41.5 Å². The molecule has 0 aromatic heterocycles. The number of amides is 5. The molecular weight excluding hydrogens is 508 g/mol. The fraction of sp³-hybridized carbons (Fsp3) is 0.682. The number of unbranched alkanes of at least 4 members (excludes halogenated alkanes) is 1. The Bertz CT molecular complexity index is 898. The van der Waals surface area contributed by atoms with Crippen molar-refractivity contribution < 1.29 is 48.9 Å². The molecule has 0 saturated carbocycles. The molecule has 0 bridgehead atoms. The molecule has 16 nitrogen and oxygen atoms in total. The molecule has 1 rings (SSSR count). The van der Waals surface area contributed by atoms with E-state index in [4.69, 9.17) is 16.6 Å². The molecule has 1 saturated heterocycles. The third-order valence-electron chi connectivity index (χ3n) is 5.84. The van der Waals surface area contributed by atoms with E-state index < -0.39 is 91.5 Å². The summed E-state index contributed by atoms with van der Waals surface area (Å²) in [5.41, 5.74) is 10.9. The molecule has 0 aromatic rings. The van der Waals surface area contributed by atoms with E-state index in [-0.39, 0.29) is 13.0 Å². The molecule has 214 valence electrons. The standard InChI is InChI=1S/C22H36N6O10/c23-8-2-1-4-12(22(38)28-9-3-5-15(28)19(24)35)26-20(36)13(10-18(33)34)27-21(37)14(11-29)25-16(30)6-7-17(31)32/h12-15,29H,1-11,23H2,(H2,24,35)(H,25,30)(H,26,36)(H,27,37)(H,31,32)(H,33,34)/t12-,13-,14-,15-/m0/s1. The summed E-state index contributed by atoms with van der Waals surface area (Å²) < 4.78 is 0. The number of nitrogens with zero attached hydrogens (tertiary/aromatic N) is 1. The second kappa shape index (κ2) is 16.1. The van der Waals surface area contributed by atoms with Crippen molar-refractivity contribution in [2.75, 3.05) is 19.7 Å². The van der Waals surface area contributed by atoms with Crippen LogP contribution in [0.25, 0.3) is 0 Å². The van der Waals surface area contributed by atoms with Crippen molar-refractivity contribution in [3.8, 4) is 0 Å². The van der Waals surface area contributed by atoms with Crippen LogP contribution in [0.2, 0.25) is 0 Å². The van der Waals surface area contributed by atoms with Gasteiger partial charge in [0.2, 0.25) is 29.5 Å². The quantitative estimate of drug-likeness (QED) is 0.0827. The normalized spacial score (nSPS) is 17.1. The molecule has 1 fully saturated rings. The molecule has 10 N–H and O–H groups in total. The first-order valence-corrected chi connectivity index (χ1v) is 12.2. The third kappa shape index (κ3) is 10.7. The summed E-state index contributed by atoms with van der Waals surface area (Å²) in [6.45, 7) is -0.360. The van der Waals surface area contributed by atoms with Gasteiger partial charge in [0.1, 0.15) is 24.2 Å². The minimum atomic E-state index is -1.69. The lowest BCUT2D eigenvalue weighted by atomic mass is 10.1. The van der Waals surface area contributed by atoms with Gasteiger partial charge in [0, 0.05) is 13.0 Å². The van der Waals surface area contributed by atoms with Gasteiger partial charge in [-0.15, -0.1) is 0 Å². The van der Waals surface area contributed by atoms with Gasteiger partial charge in [0.25, 0.3) is 0 Å². The van der Waals surface area contributed by atoms with Crippen LogP contribution in [-0.2, 0) is 33.6 Å². The monoisotopic (exact) mass is 544 g/mol. The Morgan fingerprint density at radius 3 is 2.05 bits per heavy atom. The average Bonchev–Trinajstić information content (AvgIpc) is 3.34. The lowest BCUT2D eigenvalue weighted by molar-refractivity contribution is -0.143. The summed E-state index contributed by atoms with van der Waals surface area (Å²) in [6.07, 6.45) is 0.0676. The second-order valence-electron chi connectivity index (χ2n) is 8.79. The number of nitrogens with one attached hydrogen (secondary N) is 3. The Morgan fingerprint density at radius 2 is 1.50 bits per heavy atom. The van der Waals surface area contributed by atoms with Gasteiger partial charge in [-0.3, -0.25) is 33.6 Å². The summed E-state index contributed by atoms with van der Waals surface area (Å²) in [7, 11) is 0. The van der Waals surface area contributed by atoms with Gasteiger partial charge in [-0.1, -0.05) is 0 Å². The Morgan fingerprint density at radius 1 is 0.868 bits per heavy atom. The van der Waals surface area contributed by atoms with E-state index in [9.17, 15) is 43.8 Å². The highest BCUT2D eigenvalue weighted by atomic mass is 16.4. The van der Waals surface area contributed by atoms with Gasteiger partial charge >= 0.3 is 11.9 Å². The first-order chi connectivity index (χ1) is 17.9. The van der Waals surface area contributed by atoms with E-state index in [0.29, 0.717) is 32.2 Å². The maximum absolute atomic E-state index is 13.2. The summed E-state index contributed by atoms with van der Waals surface area (Å²) in [5, 5.41) is 34.1. The van der Waals surface area contributed by atoms with E-state index in [0.717, 1.165) is 0 Å². The molecule has 0 aromatic carbocycles. The van der Waals surface area contributed by atoms with Crippen LogP contribution in [0, 0.1) is 0 Å². The number of primary amides is 1. The van der Waals surface area contributed by atoms with Gasteiger partial charge in [-0.2, -0.15) is 0 Å². The maximum atomic E-state index is 13.2. The number of rotatable bonds is 17. The SMILES string of the molecule is NCCCC[C@H](NC(=O)[C@H](CC(=O)O)NC(=O)[C@H](CO)NC(=O)CCC(=O)O)C(=O)N1CCC[C@H]1C(N)=O. The minimum absolute atomic E-state index is 0.121. The summed E-state index contributed by atoms with van der Waals surface area (Å²) in [6, 6.07) is -5.30. The van der Waals surface area contributed by atoms with Gasteiger partial charge in [0.15, 0.2) is 0 Å². The Kier molecular flexibility index (Phi) is 13.7. The highest BCUT2D eigenvalue weighted by Crippen LogP contribution is 2.19. The minimum Gasteiger partial charge on any atom is -0.481 e. The van der Waals surface area contributed by atoms with Gasteiger partial charge < -0.3 is 47.6 Å². The predicted molar refractivity (Wildman–Crippen MR) is 129 cm³/mol. The van der Waals surface area contributed by atoms with Crippen LogP contribution in [0.5, 0.6) is 0 Å². The van der Waals surface area contributed by atoms with Crippen LogP contribution in [0.3, 0.4) is 0 Å². The largest absolute Gasteiger partial charge is 0.481 e. The van der Waals surface area contributed by atoms with Crippen molar-refractivity contribution in [1.82, 2.24) is 20.9 Å². The third-order valence-corrected chi connectivity index (χ3v) is 5.84. The summed E-state index contributed by atoms with van der Waals surface area (Å²) >= 11 is 0. The molecule has 5 amide bonds. The van der Waals surface area contributed by atoms with Crippen molar-refractivity contribution in [3.05, 3.63) is 0 Å². The fourth-order valence-electron chi connectivity index (χ4n) is 3.89. The zero-order valence-electron chi connectivity index (χ0n) is 20.9. The number of carbonyl (C=O) groups is 7. The van der Waals surface area contributed by atoms with Crippen LogP contribution >= 0.6 is 0 Å². The van der Waals surface area contributed by atoms with Crippen molar-refractivity contribution in [2.45, 2.75) is 75.5 Å². The van der Waals surface area contributed by atoms with E-state index in [1.54, 1.807) is 0 Å². The first kappa shape index (κ1) is 32.2. The molecule has 0 radical (unpaired) electrons. The summed E-state index contributed by atoms with van der Waals surface area (Å²) in [5.74, 6) is -6.98. The molecule has 4 atom stereocenters. The Labute approximate surface area is 218 Å². The first-order valence-electron chi connectivity index (χ1n) is 12.2. The smallest absolute Gasteiger partial charge is 0.305 e. The number of aliphatic carboxylic acids is 2. The number of aliphatic hydroxyl groups is 1. The van der Waals surface area contributed by atoms with Gasteiger partial charge in [0.05, 0.1) is 19.4 Å². The van der Waals surface area contributed by atoms with E-state index in [1.165, 1.54) is 4.90 Å². The maximum Gasteiger partial charge on any atom is 0.305 e. The lowest BCUT2D eigenvalue weighted by Gasteiger charge is -2.29. The Balaban J connectivity index is 3.01. The molecule has 1 aliphatic heterocycles. The number of carboxylic acids is 2. The molecule has 16 heteroatoms. The van der Waals surface area contributed by atoms with Gasteiger partial charge in [-0.25, -0.2) is 0 Å². The van der Waals surface area contributed by atoms with Crippen LogP contribution in [-0.4, -0.2) is 106 Å². The molecule has 0 aliphatic carbocycles. The zero-order valence-corrected chi connectivity index (χ0v) is 20.9. The number of likely N-dealkylation sites (tertiary alicyclic amines) is 1. The summed E-state index contributed by atoms with van der Waals surface area (Å²) in [4.78, 5) is 85.6. The number of aliphatic hydroxyl groups excluding tert-OH is 1. The van der Waals surface area contributed by atoms with Crippen LogP contribution in [0.4, 0.5) is 0 Å². The number of carboxylic acid groups (broad SMARTS) is 2. The molecule has 1 aliphatic rings. The number of carbonyl (C=O) groups excluding carboxylic acids is 5. The second-order valence-corrected chi connectivity index (χ2v) is 8.79. The average molecular weight is 545 g/mol. The van der Waals surface area contributed by atoms with Crippen LogP contribution in [0.1, 0.15) is 51.4 Å². The molecule has 0 spiro atoms. The highest BCUT2D eigenvalue weighted by molar-refractivity contribution is 5.97. The predicted octanol–water partition coefficient (Wildman–Crippen LogP) is -3.62. The van der Waals surface area contributed by atoms with Crippen molar-refractivity contribution in [2.24, 2.45) is 11.5 Å². The van der Waals surface area contributed by atoms with E-state index >= 15 is 0 Å². The number of hydrogen-bond acceptors (Lipinski definition) is 9. The number of nitrogens with two attached hydrogens (primary N) is 2. The van der Waals surface area contributed by atoms with Crippen LogP contribution in [0.15, 0.2) is 0 Å². The van der Waals surface area contributed by atoms with Crippen LogP contribution < -0.4 is 27.4 Å². The van der Waals surface area contributed by atoms with Crippen molar-refractivity contribution in [1.29, 1.82) is 0 Å². The van der Waals surface area contributed by atoms with E-state index in [2.05, 4.69) is 16.0 Å². The topological polar surface area (TPSA) is 272 Å². The molecular formula is C22H36N6O10. The fourth-order valence-corrected chi connectivity index (χ4v) is 3.89. The van der Waals surface area contributed by atoms with Crippen molar-refractivity contribution in [3.63, 3.8) is 0 Å². The zero-order chi connectivity index (χ0) is 28.8. The highest BCUT2D eigenvalue weighted by Gasteiger charge is 2.37. The molecule has 38 heavy (non-hydrogen) atoms. The number of hydrogen-bond donors (Lipinski definition) is 8. The molecule has 0 unspecified atom stereocenters. The lowest BCUT2D eigenvalue weighted by Crippen LogP contribution is -2.58. The van der Waals surface area contributed by atoms with E-state index in [1.807, 2.05) is 0 Å².